The van der Waals surface area contributed by atoms with E-state index >= 15 is 0 Å². The maximum Gasteiger partial charge on any atom is 0.375 e. The molecule has 0 aliphatic rings. The smallest absolute Gasteiger partial charge is 0.375 e. The van der Waals surface area contributed by atoms with E-state index in [1.165, 1.54) is 4.90 Å². The topological polar surface area (TPSA) is 78.2 Å². The molecule has 0 fully saturated rings. The molecule has 1 amide bonds. The van der Waals surface area contributed by atoms with E-state index in [4.69, 9.17) is 18.6 Å². The number of carbonyl (C=O) groups is 2. The van der Waals surface area contributed by atoms with E-state index in [0.717, 1.165) is 16.7 Å². The van der Waals surface area contributed by atoms with Crippen molar-refractivity contribution in [3.63, 3.8) is 0 Å². The monoisotopic (exact) mass is 439 g/mol. The highest BCUT2D eigenvalue weighted by atomic mass is 16.5. The van der Waals surface area contributed by atoms with Crippen molar-refractivity contribution < 1.29 is 28.2 Å². The summed E-state index contributed by atoms with van der Waals surface area (Å²) in [5, 5.41) is 0.791. The maximum absolute atomic E-state index is 12.7. The summed E-state index contributed by atoms with van der Waals surface area (Å²) in [6.07, 6.45) is -0.00893. The lowest BCUT2D eigenvalue weighted by Crippen LogP contribution is -2.30. The highest BCUT2D eigenvalue weighted by Crippen LogP contribution is 2.27. The molecule has 0 aliphatic heterocycles. The minimum atomic E-state index is -0.689. The SMILES string of the molecule is CCOc1ccc(CN(C)C(=O)COC(=O)c2oc3ccccc3c2COC(C)C)cc1. The molecule has 7 heteroatoms. The largest absolute Gasteiger partial charge is 0.494 e. The molecule has 3 aromatic rings. The summed E-state index contributed by atoms with van der Waals surface area (Å²) in [4.78, 5) is 26.7. The molecule has 0 bridgehead atoms. The number of ether oxygens (including phenoxy) is 3. The van der Waals surface area contributed by atoms with Gasteiger partial charge < -0.3 is 23.5 Å². The van der Waals surface area contributed by atoms with Gasteiger partial charge in [-0.2, -0.15) is 0 Å². The minimum absolute atomic E-state index is 0.00893. The average molecular weight is 440 g/mol. The molecule has 32 heavy (non-hydrogen) atoms. The van der Waals surface area contributed by atoms with Crippen LogP contribution in [0.5, 0.6) is 5.75 Å². The molecule has 0 unspecified atom stereocenters. The number of esters is 1. The quantitative estimate of drug-likeness (QED) is 0.431. The number of fused-ring (bicyclic) bond motifs is 1. The van der Waals surface area contributed by atoms with Crippen LogP contribution in [0.25, 0.3) is 11.0 Å². The Morgan fingerprint density at radius 1 is 1.06 bits per heavy atom. The molecule has 2 aromatic carbocycles. The van der Waals surface area contributed by atoms with Crippen molar-refractivity contribution >= 4 is 22.8 Å². The first-order valence-electron chi connectivity index (χ1n) is 10.6. The first kappa shape index (κ1) is 23.3. The van der Waals surface area contributed by atoms with Crippen LogP contribution in [-0.2, 0) is 27.4 Å². The molecule has 170 valence electrons. The number of amides is 1. The van der Waals surface area contributed by atoms with Gasteiger partial charge in [-0.1, -0.05) is 30.3 Å². The van der Waals surface area contributed by atoms with E-state index in [1.807, 2.05) is 63.2 Å². The summed E-state index contributed by atoms with van der Waals surface area (Å²) in [6, 6.07) is 14.9. The van der Waals surface area contributed by atoms with Crippen LogP contribution in [0.1, 0.15) is 42.5 Å². The van der Waals surface area contributed by atoms with Gasteiger partial charge in [0.1, 0.15) is 11.3 Å². The van der Waals surface area contributed by atoms with Crippen LogP contribution in [0, 0.1) is 0 Å². The zero-order chi connectivity index (χ0) is 23.1. The highest BCUT2D eigenvalue weighted by Gasteiger charge is 2.23. The van der Waals surface area contributed by atoms with Crippen molar-refractivity contribution in [2.45, 2.75) is 40.0 Å². The van der Waals surface area contributed by atoms with Gasteiger partial charge in [0, 0.05) is 24.5 Å². The van der Waals surface area contributed by atoms with Crippen molar-refractivity contribution in [2.75, 3.05) is 20.3 Å². The lowest BCUT2D eigenvalue weighted by atomic mass is 10.1. The van der Waals surface area contributed by atoms with Gasteiger partial charge in [-0.3, -0.25) is 4.79 Å². The van der Waals surface area contributed by atoms with Crippen LogP contribution in [0.4, 0.5) is 0 Å². The molecule has 0 saturated heterocycles. The number of rotatable bonds is 10. The molecule has 1 heterocycles. The van der Waals surface area contributed by atoms with E-state index in [9.17, 15) is 9.59 Å². The summed E-state index contributed by atoms with van der Waals surface area (Å²) in [6.45, 7) is 6.57. The first-order chi connectivity index (χ1) is 15.4. The molecule has 0 saturated carbocycles. The van der Waals surface area contributed by atoms with E-state index in [1.54, 1.807) is 13.1 Å². The molecule has 0 radical (unpaired) electrons. The number of furan rings is 1. The first-order valence-corrected chi connectivity index (χ1v) is 10.6. The van der Waals surface area contributed by atoms with Crippen LogP contribution in [-0.4, -0.2) is 43.1 Å². The van der Waals surface area contributed by atoms with E-state index in [-0.39, 0.29) is 31.0 Å². The third-order valence-corrected chi connectivity index (χ3v) is 4.85. The van der Waals surface area contributed by atoms with Crippen LogP contribution in [0.15, 0.2) is 52.9 Å². The van der Waals surface area contributed by atoms with E-state index in [2.05, 4.69) is 0 Å². The number of carbonyl (C=O) groups excluding carboxylic acids is 2. The third kappa shape index (κ3) is 5.88. The minimum Gasteiger partial charge on any atom is -0.494 e. The molecular weight excluding hydrogens is 410 g/mol. The van der Waals surface area contributed by atoms with E-state index < -0.39 is 5.97 Å². The summed E-state index contributed by atoms with van der Waals surface area (Å²) in [7, 11) is 1.66. The third-order valence-electron chi connectivity index (χ3n) is 4.85. The molecular formula is C25H29NO6. The van der Waals surface area contributed by atoms with Gasteiger partial charge in [-0.25, -0.2) is 4.79 Å². The second-order valence-corrected chi connectivity index (χ2v) is 7.67. The summed E-state index contributed by atoms with van der Waals surface area (Å²) < 4.78 is 22.1. The molecule has 0 aliphatic carbocycles. The van der Waals surface area contributed by atoms with Gasteiger partial charge in [0.05, 0.1) is 19.3 Å². The number of likely N-dealkylation sites (N-methyl/N-ethyl adjacent to an activating group) is 1. The van der Waals surface area contributed by atoms with Gasteiger partial charge in [-0.15, -0.1) is 0 Å². The van der Waals surface area contributed by atoms with Crippen molar-refractivity contribution in [1.29, 1.82) is 0 Å². The van der Waals surface area contributed by atoms with Gasteiger partial charge >= 0.3 is 5.97 Å². The predicted octanol–water partition coefficient (Wildman–Crippen LogP) is 4.57. The summed E-state index contributed by atoms with van der Waals surface area (Å²) >= 11 is 0. The summed E-state index contributed by atoms with van der Waals surface area (Å²) in [5.41, 5.74) is 2.14. The molecule has 0 atom stereocenters. The number of para-hydroxylation sites is 1. The Kier molecular flexibility index (Phi) is 7.89. The van der Waals surface area contributed by atoms with Crippen LogP contribution >= 0.6 is 0 Å². The normalized spacial score (nSPS) is 11.0. The maximum atomic E-state index is 12.7. The zero-order valence-corrected chi connectivity index (χ0v) is 18.9. The molecule has 3 rings (SSSR count). The van der Waals surface area contributed by atoms with Crippen molar-refractivity contribution in [1.82, 2.24) is 4.90 Å². The van der Waals surface area contributed by atoms with Crippen molar-refractivity contribution in [3.8, 4) is 5.75 Å². The second-order valence-electron chi connectivity index (χ2n) is 7.67. The Labute approximate surface area is 187 Å². The second kappa shape index (κ2) is 10.8. The van der Waals surface area contributed by atoms with Crippen LogP contribution < -0.4 is 4.74 Å². The Hall–Kier alpha value is -3.32. The van der Waals surface area contributed by atoms with Crippen molar-refractivity contribution in [2.24, 2.45) is 0 Å². The molecule has 1 aromatic heterocycles. The number of nitrogens with zero attached hydrogens (tertiary/aromatic N) is 1. The highest BCUT2D eigenvalue weighted by molar-refractivity contribution is 5.96. The Morgan fingerprint density at radius 2 is 1.78 bits per heavy atom. The molecule has 0 N–H and O–H groups in total. The Morgan fingerprint density at radius 3 is 2.47 bits per heavy atom. The van der Waals surface area contributed by atoms with Gasteiger partial charge in [0.2, 0.25) is 5.76 Å². The van der Waals surface area contributed by atoms with Crippen molar-refractivity contribution in [3.05, 3.63) is 65.4 Å². The van der Waals surface area contributed by atoms with Crippen LogP contribution in [0.2, 0.25) is 0 Å². The van der Waals surface area contributed by atoms with Crippen LogP contribution in [0.3, 0.4) is 0 Å². The zero-order valence-electron chi connectivity index (χ0n) is 18.9. The molecule has 7 nitrogen and oxygen atoms in total. The average Bonchev–Trinajstić information content (AvgIpc) is 3.16. The number of hydrogen-bond donors (Lipinski definition) is 0. The molecule has 0 spiro atoms. The fraction of sp³-hybridized carbons (Fsp3) is 0.360. The number of benzene rings is 2. The lowest BCUT2D eigenvalue weighted by molar-refractivity contribution is -0.133. The van der Waals surface area contributed by atoms with Gasteiger partial charge in [0.25, 0.3) is 5.91 Å². The number of hydrogen-bond acceptors (Lipinski definition) is 6. The Bertz CT molecular complexity index is 1050. The van der Waals surface area contributed by atoms with Gasteiger partial charge in [0.15, 0.2) is 6.61 Å². The lowest BCUT2D eigenvalue weighted by Gasteiger charge is -2.17. The Balaban J connectivity index is 1.62. The standard InChI is InChI=1S/C25H29NO6/c1-5-29-19-12-10-18(11-13-19)14-26(4)23(27)16-31-25(28)24-21(15-30-17(2)3)20-8-6-7-9-22(20)32-24/h6-13,17H,5,14-16H2,1-4H3. The van der Waals surface area contributed by atoms with Gasteiger partial charge in [-0.05, 0) is 44.5 Å². The fourth-order valence-electron chi connectivity index (χ4n) is 3.18. The predicted molar refractivity (Wildman–Crippen MR) is 121 cm³/mol. The fourth-order valence-corrected chi connectivity index (χ4v) is 3.18. The van der Waals surface area contributed by atoms with E-state index in [0.29, 0.717) is 24.3 Å². The summed E-state index contributed by atoms with van der Waals surface area (Å²) in [5.74, 6) is -0.161.